The highest BCUT2D eigenvalue weighted by Gasteiger charge is 2.23. The topological polar surface area (TPSA) is 32.3 Å². The Kier molecular flexibility index (Phi) is 6.83. The molecule has 0 radical (unpaired) electrons. The first-order valence-corrected chi connectivity index (χ1v) is 10.0. The first kappa shape index (κ1) is 19.4. The van der Waals surface area contributed by atoms with Gasteiger partial charge in [-0.2, -0.15) is 0 Å². The summed E-state index contributed by atoms with van der Waals surface area (Å²) < 4.78 is 0. The maximum Gasteiger partial charge on any atom is 0.221 e. The third kappa shape index (κ3) is 5.54. The fourth-order valence-electron chi connectivity index (χ4n) is 3.93. The number of aryl methyl sites for hydroxylation is 1. The Labute approximate surface area is 163 Å². The average Bonchev–Trinajstić information content (AvgIpc) is 2.67. The monoisotopic (exact) mass is 362 g/mol. The van der Waals surface area contributed by atoms with Crippen LogP contribution in [-0.4, -0.2) is 29.9 Å². The van der Waals surface area contributed by atoms with Crippen molar-refractivity contribution in [3.63, 3.8) is 0 Å². The zero-order chi connectivity index (χ0) is 19.1. The lowest BCUT2D eigenvalue weighted by Crippen LogP contribution is -2.40. The lowest BCUT2D eigenvalue weighted by molar-refractivity contribution is -0.114. The number of fused-ring (bicyclic) bond motifs is 1. The molecule has 27 heavy (non-hydrogen) atoms. The van der Waals surface area contributed by atoms with E-state index in [-0.39, 0.29) is 5.91 Å². The Bertz CT molecular complexity index is 782. The number of amides is 1. The van der Waals surface area contributed by atoms with Crippen LogP contribution in [0.3, 0.4) is 0 Å². The molecule has 0 fully saturated rings. The third-order valence-electron chi connectivity index (χ3n) is 5.21. The van der Waals surface area contributed by atoms with Crippen LogP contribution in [0.25, 0.3) is 6.08 Å². The van der Waals surface area contributed by atoms with E-state index in [0.717, 1.165) is 38.0 Å². The second kappa shape index (κ2) is 9.52. The van der Waals surface area contributed by atoms with Crippen LogP contribution >= 0.6 is 0 Å². The van der Waals surface area contributed by atoms with E-state index >= 15 is 0 Å². The molecule has 0 saturated carbocycles. The van der Waals surface area contributed by atoms with Gasteiger partial charge in [-0.05, 0) is 61.1 Å². The summed E-state index contributed by atoms with van der Waals surface area (Å²) in [6, 6.07) is 17.4. The van der Waals surface area contributed by atoms with Crippen LogP contribution < -0.4 is 5.32 Å². The van der Waals surface area contributed by atoms with Crippen molar-refractivity contribution in [1.82, 2.24) is 4.90 Å². The first-order chi connectivity index (χ1) is 13.2. The normalized spacial score (nSPS) is 16.5. The number of anilines is 1. The van der Waals surface area contributed by atoms with E-state index in [1.54, 1.807) is 6.92 Å². The highest BCUT2D eigenvalue weighted by atomic mass is 16.1. The summed E-state index contributed by atoms with van der Waals surface area (Å²) >= 11 is 0. The summed E-state index contributed by atoms with van der Waals surface area (Å²) in [6.45, 7) is 5.91. The fraction of sp³-hybridized carbons (Fsp3) is 0.375. The standard InChI is InChI=1S/C24H30N2O/c1-3-15-26(16-7-10-20-8-5-4-6-9-20)24-14-12-21-11-13-23(25-19(2)27)17-22(21)18-24/h4-11,13,17,24H,3,12,14-16,18H2,1-2H3,(H,25,27). The summed E-state index contributed by atoms with van der Waals surface area (Å²) in [4.78, 5) is 14.0. The van der Waals surface area contributed by atoms with E-state index in [1.807, 2.05) is 6.07 Å². The highest BCUT2D eigenvalue weighted by molar-refractivity contribution is 5.88. The van der Waals surface area contributed by atoms with Crippen LogP contribution in [0, 0.1) is 0 Å². The van der Waals surface area contributed by atoms with Crippen LogP contribution in [0.2, 0.25) is 0 Å². The van der Waals surface area contributed by atoms with Crippen LogP contribution in [-0.2, 0) is 17.6 Å². The molecule has 1 N–H and O–H groups in total. The van der Waals surface area contributed by atoms with Gasteiger partial charge in [-0.25, -0.2) is 0 Å². The van der Waals surface area contributed by atoms with Crippen LogP contribution in [0.15, 0.2) is 54.6 Å². The van der Waals surface area contributed by atoms with Gasteiger partial charge in [0.2, 0.25) is 5.91 Å². The zero-order valence-electron chi connectivity index (χ0n) is 16.4. The summed E-state index contributed by atoms with van der Waals surface area (Å²) in [5, 5.41) is 2.91. The number of nitrogens with one attached hydrogen (secondary N) is 1. The lowest BCUT2D eigenvalue weighted by Gasteiger charge is -2.34. The molecule has 0 heterocycles. The van der Waals surface area contributed by atoms with E-state index in [1.165, 1.54) is 23.1 Å². The molecule has 142 valence electrons. The predicted octanol–water partition coefficient (Wildman–Crippen LogP) is 4.93. The molecule has 3 nitrogen and oxygen atoms in total. The molecular formula is C24H30N2O. The molecular weight excluding hydrogens is 332 g/mol. The molecule has 1 unspecified atom stereocenters. The Morgan fingerprint density at radius 1 is 1.19 bits per heavy atom. The molecule has 0 aliphatic heterocycles. The summed E-state index contributed by atoms with van der Waals surface area (Å²) in [5.41, 5.74) is 4.97. The van der Waals surface area contributed by atoms with Crippen molar-refractivity contribution >= 4 is 17.7 Å². The van der Waals surface area contributed by atoms with Crippen molar-refractivity contribution < 1.29 is 4.79 Å². The fourth-order valence-corrected chi connectivity index (χ4v) is 3.93. The highest BCUT2D eigenvalue weighted by Crippen LogP contribution is 2.27. The number of hydrogen-bond donors (Lipinski definition) is 1. The maximum absolute atomic E-state index is 11.3. The van der Waals surface area contributed by atoms with Crippen molar-refractivity contribution in [2.24, 2.45) is 0 Å². The largest absolute Gasteiger partial charge is 0.326 e. The molecule has 0 aromatic heterocycles. The van der Waals surface area contributed by atoms with E-state index in [2.05, 4.69) is 71.8 Å². The second-order valence-electron chi connectivity index (χ2n) is 7.37. The number of benzene rings is 2. The van der Waals surface area contributed by atoms with Crippen LogP contribution in [0.5, 0.6) is 0 Å². The van der Waals surface area contributed by atoms with Gasteiger partial charge in [0.15, 0.2) is 0 Å². The Balaban J connectivity index is 1.67. The molecule has 0 spiro atoms. The van der Waals surface area contributed by atoms with Gasteiger partial charge in [-0.3, -0.25) is 9.69 Å². The predicted molar refractivity (Wildman–Crippen MR) is 114 cm³/mol. The summed E-state index contributed by atoms with van der Waals surface area (Å²) in [5.74, 6) is -0.0130. The average molecular weight is 363 g/mol. The van der Waals surface area contributed by atoms with Gasteiger partial charge in [0, 0.05) is 25.2 Å². The third-order valence-corrected chi connectivity index (χ3v) is 5.21. The number of nitrogens with zero attached hydrogens (tertiary/aromatic N) is 1. The Morgan fingerprint density at radius 2 is 2.00 bits per heavy atom. The van der Waals surface area contributed by atoms with Crippen LogP contribution in [0.4, 0.5) is 5.69 Å². The Hall–Kier alpha value is -2.39. The van der Waals surface area contributed by atoms with Gasteiger partial charge in [-0.15, -0.1) is 0 Å². The minimum atomic E-state index is -0.0130. The molecule has 1 amide bonds. The lowest BCUT2D eigenvalue weighted by atomic mass is 9.87. The first-order valence-electron chi connectivity index (χ1n) is 10.0. The molecule has 3 rings (SSSR count). The smallest absolute Gasteiger partial charge is 0.221 e. The molecule has 2 aromatic carbocycles. The molecule has 2 aromatic rings. The van der Waals surface area contributed by atoms with Crippen molar-refractivity contribution in [2.75, 3.05) is 18.4 Å². The molecule has 0 bridgehead atoms. The number of carbonyl (C=O) groups excluding carboxylic acids is 1. The zero-order valence-corrected chi connectivity index (χ0v) is 16.4. The maximum atomic E-state index is 11.3. The van der Waals surface area contributed by atoms with E-state index in [0.29, 0.717) is 6.04 Å². The molecule has 1 aliphatic rings. The number of carbonyl (C=O) groups is 1. The van der Waals surface area contributed by atoms with Gasteiger partial charge in [-0.1, -0.05) is 55.5 Å². The summed E-state index contributed by atoms with van der Waals surface area (Å²) in [7, 11) is 0. The van der Waals surface area contributed by atoms with Crippen molar-refractivity contribution in [3.05, 3.63) is 71.3 Å². The molecule has 3 heteroatoms. The minimum absolute atomic E-state index is 0.0130. The molecule has 1 atom stereocenters. The van der Waals surface area contributed by atoms with Gasteiger partial charge in [0.25, 0.3) is 0 Å². The SMILES string of the molecule is CCCN(CC=Cc1ccccc1)C1CCc2ccc(NC(C)=O)cc2C1. The summed E-state index contributed by atoms with van der Waals surface area (Å²) in [6.07, 6.45) is 9.04. The van der Waals surface area contributed by atoms with E-state index in [4.69, 9.17) is 0 Å². The molecule has 1 aliphatic carbocycles. The van der Waals surface area contributed by atoms with Crippen molar-refractivity contribution in [3.8, 4) is 0 Å². The van der Waals surface area contributed by atoms with Crippen LogP contribution in [0.1, 0.15) is 43.4 Å². The van der Waals surface area contributed by atoms with Crippen molar-refractivity contribution in [2.45, 2.75) is 45.6 Å². The van der Waals surface area contributed by atoms with Gasteiger partial charge < -0.3 is 5.32 Å². The quantitative estimate of drug-likeness (QED) is 0.757. The number of hydrogen-bond acceptors (Lipinski definition) is 2. The van der Waals surface area contributed by atoms with Gasteiger partial charge in [0.05, 0.1) is 0 Å². The van der Waals surface area contributed by atoms with Gasteiger partial charge >= 0.3 is 0 Å². The molecule has 0 saturated heterocycles. The van der Waals surface area contributed by atoms with Crippen molar-refractivity contribution in [1.29, 1.82) is 0 Å². The van der Waals surface area contributed by atoms with E-state index in [9.17, 15) is 4.79 Å². The van der Waals surface area contributed by atoms with Gasteiger partial charge in [0.1, 0.15) is 0 Å². The Morgan fingerprint density at radius 3 is 2.74 bits per heavy atom. The minimum Gasteiger partial charge on any atom is -0.326 e. The van der Waals surface area contributed by atoms with E-state index < -0.39 is 0 Å². The second-order valence-corrected chi connectivity index (χ2v) is 7.37. The number of rotatable bonds is 7.